The molecule has 2 aromatic carbocycles. The van der Waals surface area contributed by atoms with Gasteiger partial charge in [0, 0.05) is 10.2 Å². The molecule has 20 heavy (non-hydrogen) atoms. The van der Waals surface area contributed by atoms with Crippen molar-refractivity contribution in [1.82, 2.24) is 0 Å². The Balaban J connectivity index is 1.97. The van der Waals surface area contributed by atoms with Crippen molar-refractivity contribution in [3.63, 3.8) is 0 Å². The van der Waals surface area contributed by atoms with Crippen molar-refractivity contribution in [3.8, 4) is 5.75 Å². The third kappa shape index (κ3) is 3.74. The van der Waals surface area contributed by atoms with E-state index in [1.165, 1.54) is 0 Å². The maximum Gasteiger partial charge on any atom is 0.262 e. The van der Waals surface area contributed by atoms with Gasteiger partial charge in [0.15, 0.2) is 6.61 Å². The summed E-state index contributed by atoms with van der Waals surface area (Å²) >= 11 is 3.36. The topological polar surface area (TPSA) is 64.3 Å². The Hall–Kier alpha value is -2.01. The average molecular weight is 335 g/mol. The van der Waals surface area contributed by atoms with Crippen molar-refractivity contribution in [3.05, 3.63) is 52.5 Å². The Bertz CT molecular complexity index is 592. The summed E-state index contributed by atoms with van der Waals surface area (Å²) in [6.45, 7) is 1.80. The molecule has 0 unspecified atom stereocenters. The summed E-state index contributed by atoms with van der Waals surface area (Å²) in [7, 11) is 0. The molecule has 0 aromatic heterocycles. The Morgan fingerprint density at radius 3 is 2.65 bits per heavy atom. The number of benzene rings is 2. The van der Waals surface area contributed by atoms with E-state index in [2.05, 4.69) is 21.2 Å². The fourth-order valence-corrected chi connectivity index (χ4v) is 2.40. The highest BCUT2D eigenvalue weighted by atomic mass is 79.9. The van der Waals surface area contributed by atoms with Crippen molar-refractivity contribution in [2.75, 3.05) is 17.7 Å². The van der Waals surface area contributed by atoms with Gasteiger partial charge in [0.1, 0.15) is 5.75 Å². The number of hydrogen-bond acceptors (Lipinski definition) is 3. The molecule has 0 atom stereocenters. The minimum atomic E-state index is -0.224. The van der Waals surface area contributed by atoms with Gasteiger partial charge < -0.3 is 15.8 Å². The van der Waals surface area contributed by atoms with Crippen LogP contribution in [-0.4, -0.2) is 12.5 Å². The first kappa shape index (κ1) is 14.4. The zero-order valence-corrected chi connectivity index (χ0v) is 12.6. The zero-order valence-electron chi connectivity index (χ0n) is 11.0. The van der Waals surface area contributed by atoms with E-state index in [1.807, 2.05) is 43.3 Å². The van der Waals surface area contributed by atoms with Crippen molar-refractivity contribution in [2.24, 2.45) is 0 Å². The van der Waals surface area contributed by atoms with Gasteiger partial charge in [-0.2, -0.15) is 0 Å². The van der Waals surface area contributed by atoms with E-state index in [4.69, 9.17) is 10.5 Å². The monoisotopic (exact) mass is 334 g/mol. The predicted octanol–water partition coefficient (Wildman–Crippen LogP) is 3.36. The van der Waals surface area contributed by atoms with Gasteiger partial charge in [-0.1, -0.05) is 34.1 Å². The molecule has 2 rings (SSSR count). The van der Waals surface area contributed by atoms with E-state index in [1.54, 1.807) is 6.07 Å². The molecule has 0 saturated carbocycles. The van der Waals surface area contributed by atoms with Crippen LogP contribution in [0.15, 0.2) is 46.9 Å². The number of nitrogen functional groups attached to an aromatic ring is 1. The van der Waals surface area contributed by atoms with Crippen LogP contribution >= 0.6 is 15.9 Å². The number of amides is 1. The van der Waals surface area contributed by atoms with E-state index in [9.17, 15) is 4.79 Å². The molecule has 0 aliphatic carbocycles. The molecule has 2 aromatic rings. The van der Waals surface area contributed by atoms with Crippen LogP contribution in [0.4, 0.5) is 11.4 Å². The van der Waals surface area contributed by atoms with E-state index >= 15 is 0 Å². The van der Waals surface area contributed by atoms with E-state index in [0.717, 1.165) is 15.7 Å². The van der Waals surface area contributed by atoms with Crippen molar-refractivity contribution < 1.29 is 9.53 Å². The molecule has 0 spiro atoms. The second kappa shape index (κ2) is 6.43. The number of hydrogen-bond donors (Lipinski definition) is 2. The van der Waals surface area contributed by atoms with Gasteiger partial charge in [0.05, 0.1) is 5.69 Å². The Morgan fingerprint density at radius 2 is 2.00 bits per heavy atom. The lowest BCUT2D eigenvalue weighted by atomic mass is 10.2. The number of rotatable bonds is 4. The maximum atomic E-state index is 11.8. The minimum absolute atomic E-state index is 0.0818. The van der Waals surface area contributed by atoms with Crippen LogP contribution in [0.1, 0.15) is 5.56 Å². The average Bonchev–Trinajstić information content (AvgIpc) is 2.38. The van der Waals surface area contributed by atoms with Crippen molar-refractivity contribution in [2.45, 2.75) is 6.92 Å². The number of halogens is 1. The SMILES string of the molecule is Cc1cc(Br)cc(N)c1OCC(=O)Nc1ccccc1. The van der Waals surface area contributed by atoms with Crippen LogP contribution in [0.3, 0.4) is 0 Å². The number of nitrogens with two attached hydrogens (primary N) is 1. The minimum Gasteiger partial charge on any atom is -0.481 e. The van der Waals surface area contributed by atoms with Gasteiger partial charge in [0.2, 0.25) is 0 Å². The smallest absolute Gasteiger partial charge is 0.262 e. The number of nitrogens with one attached hydrogen (secondary N) is 1. The predicted molar refractivity (Wildman–Crippen MR) is 83.9 cm³/mol. The van der Waals surface area contributed by atoms with Gasteiger partial charge in [-0.15, -0.1) is 0 Å². The molecule has 0 aliphatic rings. The van der Waals surface area contributed by atoms with Crippen molar-refractivity contribution >= 4 is 33.2 Å². The number of carbonyl (C=O) groups is 1. The first-order valence-electron chi connectivity index (χ1n) is 6.09. The number of aryl methyl sites for hydroxylation is 1. The van der Waals surface area contributed by atoms with Crippen molar-refractivity contribution in [1.29, 1.82) is 0 Å². The summed E-state index contributed by atoms with van der Waals surface area (Å²) in [5.41, 5.74) is 8.00. The molecule has 1 amide bonds. The summed E-state index contributed by atoms with van der Waals surface area (Å²) in [5.74, 6) is 0.314. The molecular weight excluding hydrogens is 320 g/mol. The second-order valence-electron chi connectivity index (χ2n) is 4.34. The van der Waals surface area contributed by atoms with Crippen LogP contribution in [0, 0.1) is 6.92 Å². The van der Waals surface area contributed by atoms with Gasteiger partial charge in [-0.05, 0) is 36.8 Å². The maximum absolute atomic E-state index is 11.8. The summed E-state index contributed by atoms with van der Waals surface area (Å²) < 4.78 is 6.38. The number of para-hydroxylation sites is 1. The summed E-state index contributed by atoms with van der Waals surface area (Å²) in [5, 5.41) is 2.75. The molecule has 0 radical (unpaired) electrons. The first-order chi connectivity index (χ1) is 9.56. The Kier molecular flexibility index (Phi) is 4.63. The van der Waals surface area contributed by atoms with E-state index < -0.39 is 0 Å². The molecule has 5 heteroatoms. The Morgan fingerprint density at radius 1 is 1.30 bits per heavy atom. The highest BCUT2D eigenvalue weighted by molar-refractivity contribution is 9.10. The molecule has 0 heterocycles. The van der Waals surface area contributed by atoms with E-state index in [0.29, 0.717) is 11.4 Å². The third-order valence-electron chi connectivity index (χ3n) is 2.67. The highest BCUT2D eigenvalue weighted by Crippen LogP contribution is 2.29. The molecule has 0 bridgehead atoms. The van der Waals surface area contributed by atoms with Crippen LogP contribution in [0.5, 0.6) is 5.75 Å². The number of anilines is 2. The molecular formula is C15H15BrN2O2. The standard InChI is InChI=1S/C15H15BrN2O2/c1-10-7-11(16)8-13(17)15(10)20-9-14(19)18-12-5-3-2-4-6-12/h2-8H,9,17H2,1H3,(H,18,19). The molecule has 4 nitrogen and oxygen atoms in total. The van der Waals surface area contributed by atoms with Gasteiger partial charge in [-0.25, -0.2) is 0 Å². The normalized spacial score (nSPS) is 10.1. The fourth-order valence-electron chi connectivity index (χ4n) is 1.81. The lowest BCUT2D eigenvalue weighted by Crippen LogP contribution is -2.20. The van der Waals surface area contributed by atoms with Crippen LogP contribution < -0.4 is 15.8 Å². The van der Waals surface area contributed by atoms with Crippen LogP contribution in [-0.2, 0) is 4.79 Å². The van der Waals surface area contributed by atoms with E-state index in [-0.39, 0.29) is 12.5 Å². The Labute approximate surface area is 126 Å². The molecule has 0 fully saturated rings. The third-order valence-corrected chi connectivity index (χ3v) is 3.13. The largest absolute Gasteiger partial charge is 0.481 e. The molecule has 0 saturated heterocycles. The molecule has 104 valence electrons. The highest BCUT2D eigenvalue weighted by Gasteiger charge is 2.09. The molecule has 3 N–H and O–H groups in total. The number of ether oxygens (including phenoxy) is 1. The summed E-state index contributed by atoms with van der Waals surface area (Å²) in [6, 6.07) is 12.9. The molecule has 0 aliphatic heterocycles. The van der Waals surface area contributed by atoms with Gasteiger partial charge >= 0.3 is 0 Å². The van der Waals surface area contributed by atoms with Gasteiger partial charge in [-0.3, -0.25) is 4.79 Å². The van der Waals surface area contributed by atoms with Gasteiger partial charge in [0.25, 0.3) is 5.91 Å². The fraction of sp³-hybridized carbons (Fsp3) is 0.133. The van der Waals surface area contributed by atoms with Crippen LogP contribution in [0.2, 0.25) is 0 Å². The summed E-state index contributed by atoms with van der Waals surface area (Å²) in [4.78, 5) is 11.8. The summed E-state index contributed by atoms with van der Waals surface area (Å²) in [6.07, 6.45) is 0. The zero-order chi connectivity index (χ0) is 14.5. The van der Waals surface area contributed by atoms with Crippen LogP contribution in [0.25, 0.3) is 0 Å². The quantitative estimate of drug-likeness (QED) is 0.842. The second-order valence-corrected chi connectivity index (χ2v) is 5.26. The first-order valence-corrected chi connectivity index (χ1v) is 6.89. The lowest BCUT2D eigenvalue weighted by Gasteiger charge is -2.12. The lowest BCUT2D eigenvalue weighted by molar-refractivity contribution is -0.118. The number of carbonyl (C=O) groups excluding carboxylic acids is 1.